The molecule has 9 nitrogen and oxygen atoms in total. The fourth-order valence-electron chi connectivity index (χ4n) is 7.87. The van der Waals surface area contributed by atoms with Crippen LogP contribution in [0.1, 0.15) is 226 Å². The Morgan fingerprint density at radius 3 is 1.43 bits per heavy atom. The van der Waals surface area contributed by atoms with Gasteiger partial charge in [-0.05, 0) is 57.8 Å². The lowest BCUT2D eigenvalue weighted by Crippen LogP contribution is -2.60. The molecule has 9 heteroatoms. The van der Waals surface area contributed by atoms with Crippen LogP contribution in [-0.4, -0.2) is 87.5 Å². The molecule has 6 N–H and O–H groups in total. The number of nitrogens with one attached hydrogen (secondary N) is 1. The van der Waals surface area contributed by atoms with Crippen molar-refractivity contribution >= 4 is 5.91 Å². The second kappa shape index (κ2) is 41.4. The SMILES string of the molecule is CCCCC/C=C/CC/C=C/C(O)C(COC1OC(CO)C(O)C(O)C1O)NC(=O)CCCCCCCCCCCCCC/C=C\CCCCCCCCCCCCCC. The second-order valence-electron chi connectivity index (χ2n) is 17.6. The number of hydrogen-bond donors (Lipinski definition) is 6. The summed E-state index contributed by atoms with van der Waals surface area (Å²) >= 11 is 0. The lowest BCUT2D eigenvalue weighted by molar-refractivity contribution is -0.302. The smallest absolute Gasteiger partial charge is 0.220 e. The molecule has 1 rings (SSSR count). The number of rotatable bonds is 42. The van der Waals surface area contributed by atoms with Crippen LogP contribution < -0.4 is 5.32 Å². The first-order valence-electron chi connectivity index (χ1n) is 25.2. The third kappa shape index (κ3) is 31.3. The summed E-state index contributed by atoms with van der Waals surface area (Å²) in [5.74, 6) is -0.189. The van der Waals surface area contributed by atoms with Gasteiger partial charge in [0.15, 0.2) is 6.29 Å². The second-order valence-corrected chi connectivity index (χ2v) is 17.6. The van der Waals surface area contributed by atoms with E-state index in [-0.39, 0.29) is 12.5 Å². The third-order valence-corrected chi connectivity index (χ3v) is 11.9. The number of ether oxygens (including phenoxy) is 2. The molecule has 0 saturated carbocycles. The first-order chi connectivity index (χ1) is 29.3. The summed E-state index contributed by atoms with van der Waals surface area (Å²) in [5.41, 5.74) is 0. The number of aliphatic hydroxyl groups excluding tert-OH is 5. The summed E-state index contributed by atoms with van der Waals surface area (Å²) in [5, 5.41) is 54.0. The molecule has 0 aromatic rings. The number of amides is 1. The molecule has 0 aliphatic carbocycles. The monoisotopic (exact) mass is 850 g/mol. The average Bonchev–Trinajstić information content (AvgIpc) is 3.25. The Balaban J connectivity index is 2.15. The quantitative estimate of drug-likeness (QED) is 0.0263. The summed E-state index contributed by atoms with van der Waals surface area (Å²) in [6, 6.07) is -0.818. The topological polar surface area (TPSA) is 149 Å². The van der Waals surface area contributed by atoms with Gasteiger partial charge in [-0.15, -0.1) is 0 Å². The summed E-state index contributed by atoms with van der Waals surface area (Å²) in [4.78, 5) is 12.9. The highest BCUT2D eigenvalue weighted by Gasteiger charge is 2.44. The number of hydrogen-bond acceptors (Lipinski definition) is 8. The van der Waals surface area contributed by atoms with Crippen molar-refractivity contribution in [1.82, 2.24) is 5.32 Å². The molecular formula is C51H95NO8. The number of aliphatic hydroxyl groups is 5. The summed E-state index contributed by atoms with van der Waals surface area (Å²) < 4.78 is 11.2. The van der Waals surface area contributed by atoms with E-state index in [1.54, 1.807) is 6.08 Å². The highest BCUT2D eigenvalue weighted by atomic mass is 16.7. The molecule has 1 fully saturated rings. The van der Waals surface area contributed by atoms with E-state index in [1.807, 2.05) is 6.08 Å². The van der Waals surface area contributed by atoms with Crippen LogP contribution in [0.2, 0.25) is 0 Å². The minimum absolute atomic E-state index is 0.189. The van der Waals surface area contributed by atoms with Crippen LogP contribution in [0.15, 0.2) is 36.5 Å². The van der Waals surface area contributed by atoms with Crippen molar-refractivity contribution in [2.24, 2.45) is 0 Å². The Kier molecular flexibility index (Phi) is 39.0. The van der Waals surface area contributed by atoms with E-state index in [9.17, 15) is 30.3 Å². The Morgan fingerprint density at radius 2 is 0.950 bits per heavy atom. The zero-order valence-corrected chi connectivity index (χ0v) is 38.7. The van der Waals surface area contributed by atoms with Crippen LogP contribution in [0, 0.1) is 0 Å². The standard InChI is InChI=1S/C51H95NO8/c1-3-5-7-9-11-13-14-15-16-17-18-19-20-21-22-23-24-25-26-27-28-29-30-31-33-35-37-39-41-47(55)52-44(45(54)40-38-36-34-32-12-10-8-6-4-2)43-59-51-50(58)49(57)48(56)46(42-53)60-51/h12,21-22,32,38,40,44-46,48-51,53-54,56-58H,3-11,13-20,23-31,33-37,39,41-43H2,1-2H3,(H,52,55)/b22-21-,32-12+,40-38+. The van der Waals surface area contributed by atoms with Gasteiger partial charge in [0.25, 0.3) is 0 Å². The zero-order valence-electron chi connectivity index (χ0n) is 38.7. The lowest BCUT2D eigenvalue weighted by Gasteiger charge is -2.40. The predicted molar refractivity (Wildman–Crippen MR) is 249 cm³/mol. The molecule has 1 aliphatic rings. The molecule has 7 unspecified atom stereocenters. The van der Waals surface area contributed by atoms with Gasteiger partial charge in [-0.25, -0.2) is 0 Å². The summed E-state index contributed by atoms with van der Waals surface area (Å²) in [6.45, 7) is 3.71. The van der Waals surface area contributed by atoms with Crippen LogP contribution in [0.4, 0.5) is 0 Å². The van der Waals surface area contributed by atoms with Crippen molar-refractivity contribution in [3.05, 3.63) is 36.5 Å². The Morgan fingerprint density at radius 1 is 0.550 bits per heavy atom. The Hall–Kier alpha value is -1.59. The van der Waals surface area contributed by atoms with Crippen LogP contribution in [0.3, 0.4) is 0 Å². The molecule has 0 bridgehead atoms. The number of allylic oxidation sites excluding steroid dienone is 5. The van der Waals surface area contributed by atoms with Gasteiger partial charge < -0.3 is 40.3 Å². The third-order valence-electron chi connectivity index (χ3n) is 11.9. The maximum atomic E-state index is 12.9. The first kappa shape index (κ1) is 56.4. The summed E-state index contributed by atoms with van der Waals surface area (Å²) in [7, 11) is 0. The molecule has 0 spiro atoms. The highest BCUT2D eigenvalue weighted by molar-refractivity contribution is 5.76. The van der Waals surface area contributed by atoms with E-state index in [2.05, 4.69) is 43.5 Å². The normalized spacial score (nSPS) is 20.8. The molecule has 60 heavy (non-hydrogen) atoms. The molecule has 7 atom stereocenters. The van der Waals surface area contributed by atoms with E-state index in [0.717, 1.165) is 38.5 Å². The molecule has 352 valence electrons. The summed E-state index contributed by atoms with van der Waals surface area (Å²) in [6.07, 6.45) is 45.2. The van der Waals surface area contributed by atoms with Crippen LogP contribution >= 0.6 is 0 Å². The highest BCUT2D eigenvalue weighted by Crippen LogP contribution is 2.23. The van der Waals surface area contributed by atoms with E-state index in [1.165, 1.54) is 167 Å². The molecular weight excluding hydrogens is 755 g/mol. The predicted octanol–water partition coefficient (Wildman–Crippen LogP) is 11.2. The minimum atomic E-state index is -1.57. The molecule has 1 saturated heterocycles. The van der Waals surface area contributed by atoms with E-state index < -0.39 is 49.5 Å². The zero-order chi connectivity index (χ0) is 43.7. The van der Waals surface area contributed by atoms with Gasteiger partial charge in [-0.3, -0.25) is 4.79 Å². The molecule has 1 amide bonds. The number of unbranched alkanes of at least 4 members (excludes halogenated alkanes) is 28. The van der Waals surface area contributed by atoms with Crippen LogP contribution in [-0.2, 0) is 14.3 Å². The fraction of sp³-hybridized carbons (Fsp3) is 0.863. The largest absolute Gasteiger partial charge is 0.394 e. The lowest BCUT2D eigenvalue weighted by atomic mass is 9.99. The number of carbonyl (C=O) groups is 1. The van der Waals surface area contributed by atoms with Gasteiger partial charge in [0, 0.05) is 6.42 Å². The van der Waals surface area contributed by atoms with Gasteiger partial charge in [-0.2, -0.15) is 0 Å². The Labute approximate surface area is 368 Å². The van der Waals surface area contributed by atoms with Gasteiger partial charge in [0.1, 0.15) is 24.4 Å². The Bertz CT molecular complexity index is 1030. The maximum Gasteiger partial charge on any atom is 0.220 e. The van der Waals surface area contributed by atoms with Gasteiger partial charge >= 0.3 is 0 Å². The van der Waals surface area contributed by atoms with E-state index in [4.69, 9.17) is 9.47 Å². The average molecular weight is 850 g/mol. The van der Waals surface area contributed by atoms with Gasteiger partial charge in [0.05, 0.1) is 25.4 Å². The molecule has 0 aromatic heterocycles. The fourth-order valence-corrected chi connectivity index (χ4v) is 7.87. The molecule has 1 heterocycles. The molecule has 1 aliphatic heterocycles. The van der Waals surface area contributed by atoms with Crippen molar-refractivity contribution in [1.29, 1.82) is 0 Å². The van der Waals surface area contributed by atoms with Crippen molar-refractivity contribution in [2.75, 3.05) is 13.2 Å². The van der Waals surface area contributed by atoms with Crippen molar-refractivity contribution in [2.45, 2.75) is 269 Å². The van der Waals surface area contributed by atoms with Crippen molar-refractivity contribution < 1.29 is 39.8 Å². The van der Waals surface area contributed by atoms with Gasteiger partial charge in [0.2, 0.25) is 5.91 Å². The number of carbonyl (C=O) groups excluding carboxylic acids is 1. The molecule has 0 radical (unpaired) electrons. The van der Waals surface area contributed by atoms with Crippen LogP contribution in [0.25, 0.3) is 0 Å². The van der Waals surface area contributed by atoms with Crippen molar-refractivity contribution in [3.8, 4) is 0 Å². The maximum absolute atomic E-state index is 12.9. The van der Waals surface area contributed by atoms with Gasteiger partial charge in [-0.1, -0.05) is 198 Å². The minimum Gasteiger partial charge on any atom is -0.394 e. The van der Waals surface area contributed by atoms with E-state index >= 15 is 0 Å². The molecule has 0 aromatic carbocycles. The van der Waals surface area contributed by atoms with E-state index in [0.29, 0.717) is 6.42 Å². The van der Waals surface area contributed by atoms with Crippen molar-refractivity contribution in [3.63, 3.8) is 0 Å². The van der Waals surface area contributed by atoms with Crippen LogP contribution in [0.5, 0.6) is 0 Å². The first-order valence-corrected chi connectivity index (χ1v) is 25.2.